The highest BCUT2D eigenvalue weighted by Gasteiger charge is 2.18. The molecule has 0 aliphatic heterocycles. The molecule has 0 aliphatic carbocycles. The number of aliphatic hydroxyl groups is 1. The van der Waals surface area contributed by atoms with Crippen molar-refractivity contribution in [2.75, 3.05) is 0 Å². The Labute approximate surface area is 97.7 Å². The molecule has 1 N–H and O–H groups in total. The van der Waals surface area contributed by atoms with Gasteiger partial charge in [-0.05, 0) is 12.3 Å². The van der Waals surface area contributed by atoms with E-state index in [1.807, 2.05) is 4.68 Å². The van der Waals surface area contributed by atoms with E-state index in [1.54, 1.807) is 6.33 Å². The first-order chi connectivity index (χ1) is 7.72. The van der Waals surface area contributed by atoms with Crippen LogP contribution < -0.4 is 0 Å². The molecule has 1 aromatic heterocycles. The first-order valence-corrected chi connectivity index (χ1v) is 6.27. The number of nitrogens with zero attached hydrogens (tertiary/aromatic N) is 3. The first kappa shape index (κ1) is 13.2. The van der Waals surface area contributed by atoms with Gasteiger partial charge in [0.15, 0.2) is 0 Å². The Balaban J connectivity index is 2.61. The van der Waals surface area contributed by atoms with Gasteiger partial charge in [0, 0.05) is 13.0 Å². The minimum Gasteiger partial charge on any atom is -0.392 e. The molecule has 1 unspecified atom stereocenters. The predicted molar refractivity (Wildman–Crippen MR) is 64.1 cm³/mol. The fourth-order valence-electron chi connectivity index (χ4n) is 2.03. The van der Waals surface area contributed by atoms with Crippen LogP contribution in [0, 0.1) is 5.92 Å². The maximum atomic E-state index is 10.1. The van der Waals surface area contributed by atoms with Crippen LogP contribution in [0.15, 0.2) is 6.33 Å². The second kappa shape index (κ2) is 6.63. The largest absolute Gasteiger partial charge is 0.392 e. The van der Waals surface area contributed by atoms with Crippen LogP contribution in [0.4, 0.5) is 0 Å². The van der Waals surface area contributed by atoms with Crippen LogP contribution in [0.1, 0.15) is 45.9 Å². The van der Waals surface area contributed by atoms with Crippen molar-refractivity contribution in [2.45, 2.75) is 59.1 Å². The number of aliphatic hydroxyl groups excluding tert-OH is 1. The van der Waals surface area contributed by atoms with E-state index in [0.29, 0.717) is 12.3 Å². The topological polar surface area (TPSA) is 50.9 Å². The van der Waals surface area contributed by atoms with E-state index < -0.39 is 0 Å². The smallest absolute Gasteiger partial charge is 0.138 e. The molecule has 1 aromatic rings. The number of aromatic nitrogens is 3. The Kier molecular flexibility index (Phi) is 5.46. The Morgan fingerprint density at radius 3 is 2.56 bits per heavy atom. The molecule has 1 rings (SSSR count). The van der Waals surface area contributed by atoms with Gasteiger partial charge < -0.3 is 5.11 Å². The minimum absolute atomic E-state index is 0.296. The molecular weight excluding hydrogens is 202 g/mol. The van der Waals surface area contributed by atoms with Crippen molar-refractivity contribution in [3.05, 3.63) is 12.2 Å². The predicted octanol–water partition coefficient (Wildman–Crippen LogP) is 2.03. The lowest BCUT2D eigenvalue weighted by Gasteiger charge is -2.19. The third kappa shape index (κ3) is 3.30. The quantitative estimate of drug-likeness (QED) is 0.772. The van der Waals surface area contributed by atoms with Gasteiger partial charge in [-0.25, -0.2) is 4.98 Å². The van der Waals surface area contributed by atoms with Crippen LogP contribution in [0.5, 0.6) is 0 Å². The van der Waals surface area contributed by atoms with Gasteiger partial charge in [-0.1, -0.05) is 33.6 Å². The molecule has 4 heteroatoms. The second-order valence-electron chi connectivity index (χ2n) is 4.25. The molecule has 0 aromatic carbocycles. The Morgan fingerprint density at radius 1 is 1.31 bits per heavy atom. The highest BCUT2D eigenvalue weighted by Crippen LogP contribution is 2.16. The van der Waals surface area contributed by atoms with E-state index in [-0.39, 0.29) is 6.10 Å². The van der Waals surface area contributed by atoms with Crippen LogP contribution in [0.3, 0.4) is 0 Å². The van der Waals surface area contributed by atoms with Gasteiger partial charge in [-0.15, -0.1) is 0 Å². The van der Waals surface area contributed by atoms with Gasteiger partial charge in [0.05, 0.1) is 6.10 Å². The van der Waals surface area contributed by atoms with Gasteiger partial charge in [0.1, 0.15) is 12.2 Å². The normalized spacial score (nSPS) is 13.3. The van der Waals surface area contributed by atoms with Crippen LogP contribution in [0.2, 0.25) is 0 Å². The van der Waals surface area contributed by atoms with Crippen LogP contribution >= 0.6 is 0 Å². The molecular formula is C12H23N3O. The van der Waals surface area contributed by atoms with Crippen molar-refractivity contribution in [1.29, 1.82) is 0 Å². The SMILES string of the molecule is CCCn1ncnc1CC(O)C(CC)CC. The first-order valence-electron chi connectivity index (χ1n) is 6.27. The lowest BCUT2D eigenvalue weighted by atomic mass is 9.94. The highest BCUT2D eigenvalue weighted by atomic mass is 16.3. The molecule has 0 saturated heterocycles. The molecule has 92 valence electrons. The molecule has 0 aliphatic rings. The van der Waals surface area contributed by atoms with Gasteiger partial charge in [0.2, 0.25) is 0 Å². The summed E-state index contributed by atoms with van der Waals surface area (Å²) in [7, 11) is 0. The third-order valence-corrected chi connectivity index (χ3v) is 3.12. The summed E-state index contributed by atoms with van der Waals surface area (Å²) in [6, 6.07) is 0. The average Bonchev–Trinajstić information content (AvgIpc) is 2.68. The summed E-state index contributed by atoms with van der Waals surface area (Å²) in [5, 5.41) is 14.3. The number of rotatable bonds is 7. The summed E-state index contributed by atoms with van der Waals surface area (Å²) in [6.07, 6.45) is 4.96. The van der Waals surface area contributed by atoms with E-state index in [2.05, 4.69) is 30.9 Å². The lowest BCUT2D eigenvalue weighted by molar-refractivity contribution is 0.0997. The molecule has 1 heterocycles. The highest BCUT2D eigenvalue weighted by molar-refractivity contribution is 4.89. The van der Waals surface area contributed by atoms with Crippen LogP contribution in [-0.2, 0) is 13.0 Å². The fourth-order valence-corrected chi connectivity index (χ4v) is 2.03. The Bertz CT molecular complexity index is 294. The zero-order valence-corrected chi connectivity index (χ0v) is 10.6. The molecule has 0 radical (unpaired) electrons. The van der Waals surface area contributed by atoms with Gasteiger partial charge in [-0.3, -0.25) is 4.68 Å². The second-order valence-corrected chi connectivity index (χ2v) is 4.25. The molecule has 0 amide bonds. The van der Waals surface area contributed by atoms with Crippen molar-refractivity contribution in [3.8, 4) is 0 Å². The zero-order chi connectivity index (χ0) is 12.0. The van der Waals surface area contributed by atoms with Gasteiger partial charge in [-0.2, -0.15) is 5.10 Å². The van der Waals surface area contributed by atoms with E-state index >= 15 is 0 Å². The monoisotopic (exact) mass is 225 g/mol. The van der Waals surface area contributed by atoms with E-state index in [0.717, 1.165) is 31.6 Å². The van der Waals surface area contributed by atoms with E-state index in [1.165, 1.54) is 0 Å². The summed E-state index contributed by atoms with van der Waals surface area (Å²) >= 11 is 0. The molecule has 0 spiro atoms. The van der Waals surface area contributed by atoms with Crippen molar-refractivity contribution in [1.82, 2.24) is 14.8 Å². The molecule has 0 saturated carbocycles. The fraction of sp³-hybridized carbons (Fsp3) is 0.833. The number of hydrogen-bond donors (Lipinski definition) is 1. The summed E-state index contributed by atoms with van der Waals surface area (Å²) in [6.45, 7) is 7.23. The van der Waals surface area contributed by atoms with Crippen molar-refractivity contribution in [2.24, 2.45) is 5.92 Å². The Hall–Kier alpha value is -0.900. The molecule has 16 heavy (non-hydrogen) atoms. The third-order valence-electron chi connectivity index (χ3n) is 3.12. The summed E-state index contributed by atoms with van der Waals surface area (Å²) in [5.74, 6) is 1.27. The molecule has 1 atom stereocenters. The Morgan fingerprint density at radius 2 is 2.00 bits per heavy atom. The minimum atomic E-state index is -0.296. The molecule has 0 bridgehead atoms. The van der Waals surface area contributed by atoms with Crippen molar-refractivity contribution >= 4 is 0 Å². The van der Waals surface area contributed by atoms with Crippen molar-refractivity contribution < 1.29 is 5.11 Å². The summed E-state index contributed by atoms with van der Waals surface area (Å²) in [4.78, 5) is 4.22. The number of aryl methyl sites for hydroxylation is 1. The van der Waals surface area contributed by atoms with Gasteiger partial charge >= 0.3 is 0 Å². The zero-order valence-electron chi connectivity index (χ0n) is 10.6. The lowest BCUT2D eigenvalue weighted by Crippen LogP contribution is -2.24. The van der Waals surface area contributed by atoms with Crippen LogP contribution in [-0.4, -0.2) is 26.0 Å². The molecule has 4 nitrogen and oxygen atoms in total. The summed E-state index contributed by atoms with van der Waals surface area (Å²) in [5.41, 5.74) is 0. The van der Waals surface area contributed by atoms with Crippen molar-refractivity contribution in [3.63, 3.8) is 0 Å². The van der Waals surface area contributed by atoms with Crippen LogP contribution in [0.25, 0.3) is 0 Å². The average molecular weight is 225 g/mol. The number of hydrogen-bond acceptors (Lipinski definition) is 3. The van der Waals surface area contributed by atoms with E-state index in [4.69, 9.17) is 0 Å². The maximum Gasteiger partial charge on any atom is 0.138 e. The van der Waals surface area contributed by atoms with E-state index in [9.17, 15) is 5.11 Å². The standard InChI is InChI=1S/C12H23N3O/c1-4-7-15-12(13-9-14-15)8-11(16)10(5-2)6-3/h9-11,16H,4-8H2,1-3H3. The van der Waals surface area contributed by atoms with Gasteiger partial charge in [0.25, 0.3) is 0 Å². The maximum absolute atomic E-state index is 10.1. The molecule has 0 fully saturated rings. The summed E-state index contributed by atoms with van der Waals surface area (Å²) < 4.78 is 1.89.